The molecule has 1 heterocycles. The zero-order valence-electron chi connectivity index (χ0n) is 11.1. The molecule has 0 fully saturated rings. The predicted octanol–water partition coefficient (Wildman–Crippen LogP) is 1.52. The van der Waals surface area contributed by atoms with E-state index in [0.717, 1.165) is 5.75 Å². The van der Waals surface area contributed by atoms with Crippen LogP contribution in [0.4, 0.5) is 0 Å². The van der Waals surface area contributed by atoms with Crippen molar-refractivity contribution < 1.29 is 23.1 Å². The number of aromatic hydroxyl groups is 1. The lowest BCUT2D eigenvalue weighted by molar-refractivity contribution is 0.0985. The van der Waals surface area contributed by atoms with Gasteiger partial charge in [0.05, 0.1) is 12.7 Å². The van der Waals surface area contributed by atoms with Gasteiger partial charge in [-0.2, -0.15) is 0 Å². The normalized spacial score (nSPS) is 14.4. The maximum Gasteiger partial charge on any atom is 0.266 e. The molecule has 2 aromatic rings. The van der Waals surface area contributed by atoms with Crippen LogP contribution in [0.3, 0.4) is 0 Å². The van der Waals surface area contributed by atoms with Gasteiger partial charge in [0, 0.05) is 0 Å². The zero-order chi connectivity index (χ0) is 15.5. The van der Waals surface area contributed by atoms with Gasteiger partial charge in [0.1, 0.15) is 16.4 Å². The number of methoxy groups -OCH3 is 1. The minimum Gasteiger partial charge on any atom is -0.508 e. The van der Waals surface area contributed by atoms with E-state index in [1.807, 2.05) is 4.72 Å². The van der Waals surface area contributed by atoms with E-state index in [1.54, 1.807) is 43.5 Å². The molecule has 0 spiro atoms. The number of hydrogen-bond acceptors (Lipinski definition) is 5. The van der Waals surface area contributed by atoms with Crippen LogP contribution in [0.1, 0.15) is 10.4 Å². The molecule has 7 heteroatoms. The monoisotopic (exact) mass is 307 g/mol. The summed E-state index contributed by atoms with van der Waals surface area (Å²) in [6.07, 6.45) is 0. The van der Waals surface area contributed by atoms with E-state index in [1.165, 1.54) is 12.1 Å². The maximum atomic E-state index is 11.1. The van der Waals surface area contributed by atoms with Gasteiger partial charge in [0.15, 0.2) is 0 Å². The molecule has 0 aliphatic carbocycles. The number of carbonyl (C=O) groups excluding carboxylic acids is 1. The van der Waals surface area contributed by atoms with E-state index in [4.69, 9.17) is 9.84 Å². The Morgan fingerprint density at radius 3 is 2.24 bits per heavy atom. The lowest BCUT2D eigenvalue weighted by Crippen LogP contribution is -2.20. The fourth-order valence-corrected chi connectivity index (χ4v) is 2.87. The highest BCUT2D eigenvalue weighted by molar-refractivity contribution is 7.90. The molecular formula is C14H13NO5S. The number of hydrogen-bond donors (Lipinski definition) is 2. The Morgan fingerprint density at radius 2 is 1.67 bits per heavy atom. The van der Waals surface area contributed by atoms with Crippen LogP contribution in [0.2, 0.25) is 0 Å². The number of sulfonamides is 1. The van der Waals surface area contributed by atoms with Crippen LogP contribution in [-0.4, -0.2) is 26.5 Å². The number of phenolic OH excluding ortho intramolecular Hbond substituents is 1. The third kappa shape index (κ3) is 3.32. The number of rotatable bonds is 1. The van der Waals surface area contributed by atoms with Crippen molar-refractivity contribution in [2.24, 2.45) is 0 Å². The van der Waals surface area contributed by atoms with Crippen LogP contribution in [-0.2, 0) is 10.0 Å². The Hall–Kier alpha value is -2.54. The van der Waals surface area contributed by atoms with Gasteiger partial charge in [-0.15, -0.1) is 0 Å². The molecule has 1 amide bonds. The fourth-order valence-electron chi connectivity index (χ4n) is 1.70. The summed E-state index contributed by atoms with van der Waals surface area (Å²) in [5.41, 5.74) is 0.220. The lowest BCUT2D eigenvalue weighted by Gasteiger charge is -1.96. The molecule has 2 N–H and O–H groups in total. The summed E-state index contributed by atoms with van der Waals surface area (Å²) in [5.74, 6) is 0.467. The molecule has 1 aliphatic rings. The summed E-state index contributed by atoms with van der Waals surface area (Å²) >= 11 is 0. The van der Waals surface area contributed by atoms with Crippen molar-refractivity contribution in [3.05, 3.63) is 54.1 Å². The zero-order valence-corrected chi connectivity index (χ0v) is 11.9. The number of ether oxygens (including phenoxy) is 1. The number of fused-ring (bicyclic) bond motifs is 1. The van der Waals surface area contributed by atoms with Gasteiger partial charge < -0.3 is 9.84 Å². The van der Waals surface area contributed by atoms with E-state index in [2.05, 4.69) is 0 Å². The molecule has 110 valence electrons. The van der Waals surface area contributed by atoms with Gasteiger partial charge in [0.2, 0.25) is 0 Å². The fraction of sp³-hybridized carbons (Fsp3) is 0.0714. The van der Waals surface area contributed by atoms with Gasteiger partial charge in [-0.05, 0) is 36.4 Å². The second kappa shape index (κ2) is 5.84. The number of benzene rings is 2. The van der Waals surface area contributed by atoms with Gasteiger partial charge in [-0.1, -0.05) is 12.1 Å². The van der Waals surface area contributed by atoms with Crippen LogP contribution in [0.5, 0.6) is 11.5 Å². The first kappa shape index (κ1) is 14.9. The standard InChI is InChI=1S/C7H5NO3S.C7H8O2/c9-7-5-3-1-2-4-6(5)12(10,11)8-7;1-9-7-4-2-6(8)3-5-7/h1-4H,(H,8,9);2-5,8H,1H3. The highest BCUT2D eigenvalue weighted by Gasteiger charge is 2.31. The average molecular weight is 307 g/mol. The second-order valence-electron chi connectivity index (χ2n) is 4.13. The smallest absolute Gasteiger partial charge is 0.266 e. The van der Waals surface area contributed by atoms with Crippen molar-refractivity contribution >= 4 is 15.9 Å². The Bertz CT molecular complexity index is 753. The lowest BCUT2D eigenvalue weighted by atomic mass is 10.2. The molecular weight excluding hydrogens is 294 g/mol. The molecule has 3 rings (SSSR count). The van der Waals surface area contributed by atoms with Gasteiger partial charge in [-0.3, -0.25) is 4.79 Å². The Morgan fingerprint density at radius 1 is 1.05 bits per heavy atom. The molecule has 2 aromatic carbocycles. The first-order valence-corrected chi connectivity index (χ1v) is 7.41. The van der Waals surface area contributed by atoms with Crippen molar-refractivity contribution in [1.82, 2.24) is 4.72 Å². The van der Waals surface area contributed by atoms with Crippen molar-refractivity contribution in [2.75, 3.05) is 7.11 Å². The molecule has 0 saturated carbocycles. The van der Waals surface area contributed by atoms with Crippen LogP contribution >= 0.6 is 0 Å². The molecule has 0 unspecified atom stereocenters. The highest BCUT2D eigenvalue weighted by Crippen LogP contribution is 2.20. The molecule has 21 heavy (non-hydrogen) atoms. The van der Waals surface area contributed by atoms with E-state index in [0.29, 0.717) is 0 Å². The quantitative estimate of drug-likeness (QED) is 0.833. The molecule has 1 aliphatic heterocycles. The van der Waals surface area contributed by atoms with Crippen LogP contribution < -0.4 is 9.46 Å². The first-order valence-electron chi connectivity index (χ1n) is 5.93. The summed E-state index contributed by atoms with van der Waals surface area (Å²) in [6, 6.07) is 12.7. The molecule has 0 saturated heterocycles. The summed E-state index contributed by atoms with van der Waals surface area (Å²) in [4.78, 5) is 11.1. The second-order valence-corrected chi connectivity index (χ2v) is 5.78. The minimum atomic E-state index is -3.55. The van der Waals surface area contributed by atoms with E-state index in [-0.39, 0.29) is 16.2 Å². The highest BCUT2D eigenvalue weighted by atomic mass is 32.2. The van der Waals surface area contributed by atoms with E-state index in [9.17, 15) is 13.2 Å². The van der Waals surface area contributed by atoms with Crippen LogP contribution in [0.15, 0.2) is 53.4 Å². The SMILES string of the molecule is COc1ccc(O)cc1.O=C1NS(=O)(=O)c2ccccc21. The minimum absolute atomic E-state index is 0.0648. The number of phenols is 1. The molecule has 0 radical (unpaired) electrons. The van der Waals surface area contributed by atoms with Gasteiger partial charge >= 0.3 is 0 Å². The van der Waals surface area contributed by atoms with Crippen molar-refractivity contribution in [3.8, 4) is 11.5 Å². The summed E-state index contributed by atoms with van der Waals surface area (Å²) in [6.45, 7) is 0. The first-order chi connectivity index (χ1) is 9.94. The van der Waals surface area contributed by atoms with Crippen molar-refractivity contribution in [1.29, 1.82) is 0 Å². The van der Waals surface area contributed by atoms with Crippen LogP contribution in [0.25, 0.3) is 0 Å². The average Bonchev–Trinajstić information content (AvgIpc) is 2.71. The Balaban J connectivity index is 0.000000161. The predicted molar refractivity (Wildman–Crippen MR) is 75.8 cm³/mol. The largest absolute Gasteiger partial charge is 0.508 e. The number of amides is 1. The third-order valence-electron chi connectivity index (χ3n) is 2.72. The number of nitrogens with one attached hydrogen (secondary N) is 1. The molecule has 0 atom stereocenters. The van der Waals surface area contributed by atoms with Gasteiger partial charge in [0.25, 0.3) is 15.9 Å². The Kier molecular flexibility index (Phi) is 4.13. The van der Waals surface area contributed by atoms with Crippen molar-refractivity contribution in [3.63, 3.8) is 0 Å². The van der Waals surface area contributed by atoms with Gasteiger partial charge in [-0.25, -0.2) is 13.1 Å². The van der Waals surface area contributed by atoms with Crippen LogP contribution in [0, 0.1) is 0 Å². The topological polar surface area (TPSA) is 92.7 Å². The summed E-state index contributed by atoms with van der Waals surface area (Å²) in [7, 11) is -1.96. The van der Waals surface area contributed by atoms with E-state index >= 15 is 0 Å². The van der Waals surface area contributed by atoms with E-state index < -0.39 is 15.9 Å². The molecule has 6 nitrogen and oxygen atoms in total. The maximum absolute atomic E-state index is 11.1. The summed E-state index contributed by atoms with van der Waals surface area (Å²) in [5, 5.41) is 8.80. The Labute approximate surface area is 122 Å². The molecule has 0 bridgehead atoms. The third-order valence-corrected chi connectivity index (χ3v) is 4.11. The summed E-state index contributed by atoms with van der Waals surface area (Å²) < 4.78 is 29.0. The van der Waals surface area contributed by atoms with Crippen molar-refractivity contribution in [2.45, 2.75) is 4.90 Å². The molecule has 0 aromatic heterocycles. The number of carbonyl (C=O) groups is 1.